The van der Waals surface area contributed by atoms with Gasteiger partial charge in [-0.3, -0.25) is 0 Å². The number of halogens is 1. The standard InChI is InChI=1S/C19H35N5O.HI/c1-5-20-18(23-14-19(4)9-7-6-8-16(19)25)22-12-17-21-10-11-24(17)13-15(2)3;/h10-11,15-16,25H,5-9,12-14H2,1-4H3,(H2,20,22,23);1H. The van der Waals surface area contributed by atoms with E-state index >= 15 is 0 Å². The lowest BCUT2D eigenvalue weighted by Gasteiger charge is -2.38. The zero-order valence-corrected chi connectivity index (χ0v) is 19.0. The van der Waals surface area contributed by atoms with E-state index in [9.17, 15) is 5.11 Å². The van der Waals surface area contributed by atoms with Crippen LogP contribution in [0.2, 0.25) is 0 Å². The van der Waals surface area contributed by atoms with E-state index in [0.29, 0.717) is 12.5 Å². The number of aliphatic hydroxyl groups is 1. The van der Waals surface area contributed by atoms with Crippen molar-refractivity contribution in [3.05, 3.63) is 18.2 Å². The summed E-state index contributed by atoms with van der Waals surface area (Å²) in [6.45, 7) is 11.7. The van der Waals surface area contributed by atoms with Crippen molar-refractivity contribution in [3.63, 3.8) is 0 Å². The molecule has 0 aliphatic heterocycles. The van der Waals surface area contributed by atoms with Crippen LogP contribution in [0.3, 0.4) is 0 Å². The minimum Gasteiger partial charge on any atom is -0.392 e. The van der Waals surface area contributed by atoms with Crippen LogP contribution in [0, 0.1) is 11.3 Å². The first-order valence-corrected chi connectivity index (χ1v) is 9.65. The molecule has 2 atom stereocenters. The Morgan fingerprint density at radius 3 is 2.85 bits per heavy atom. The summed E-state index contributed by atoms with van der Waals surface area (Å²) in [5.41, 5.74) is -0.0788. The molecule has 0 bridgehead atoms. The second-order valence-corrected chi connectivity index (χ2v) is 7.85. The molecule has 1 aromatic heterocycles. The van der Waals surface area contributed by atoms with Crippen molar-refractivity contribution in [2.75, 3.05) is 13.1 Å². The van der Waals surface area contributed by atoms with Gasteiger partial charge in [0.2, 0.25) is 0 Å². The van der Waals surface area contributed by atoms with Gasteiger partial charge in [-0.15, -0.1) is 24.0 Å². The molecule has 0 radical (unpaired) electrons. The number of aliphatic imine (C=N–C) groups is 1. The van der Waals surface area contributed by atoms with Crippen molar-refractivity contribution in [3.8, 4) is 0 Å². The normalized spacial score (nSPS) is 23.6. The Morgan fingerprint density at radius 2 is 2.19 bits per heavy atom. The highest BCUT2D eigenvalue weighted by atomic mass is 127. The fraction of sp³-hybridized carbons (Fsp3) is 0.789. The highest BCUT2D eigenvalue weighted by Gasteiger charge is 2.35. The molecule has 0 saturated heterocycles. The van der Waals surface area contributed by atoms with Crippen LogP contribution in [0.4, 0.5) is 0 Å². The summed E-state index contributed by atoms with van der Waals surface area (Å²) in [7, 11) is 0. The van der Waals surface area contributed by atoms with Crippen molar-refractivity contribution >= 4 is 29.9 Å². The lowest BCUT2D eigenvalue weighted by atomic mass is 9.73. The van der Waals surface area contributed by atoms with E-state index in [1.807, 2.05) is 12.4 Å². The maximum absolute atomic E-state index is 10.4. The van der Waals surface area contributed by atoms with Crippen LogP contribution in [0.25, 0.3) is 0 Å². The second kappa shape index (κ2) is 11.1. The Labute approximate surface area is 175 Å². The van der Waals surface area contributed by atoms with Crippen LogP contribution in [0.15, 0.2) is 17.4 Å². The maximum Gasteiger partial charge on any atom is 0.191 e. The summed E-state index contributed by atoms with van der Waals surface area (Å²) < 4.78 is 2.17. The average molecular weight is 477 g/mol. The van der Waals surface area contributed by atoms with Crippen molar-refractivity contribution in [1.29, 1.82) is 0 Å². The third kappa shape index (κ3) is 6.72. The quantitative estimate of drug-likeness (QED) is 0.321. The molecule has 1 heterocycles. The summed E-state index contributed by atoms with van der Waals surface area (Å²) >= 11 is 0. The van der Waals surface area contributed by atoms with Crippen molar-refractivity contribution in [2.24, 2.45) is 16.3 Å². The van der Waals surface area contributed by atoms with E-state index in [-0.39, 0.29) is 35.5 Å². The summed E-state index contributed by atoms with van der Waals surface area (Å²) in [6.07, 6.45) is 7.90. The van der Waals surface area contributed by atoms with E-state index in [4.69, 9.17) is 4.99 Å². The van der Waals surface area contributed by atoms with Crippen LogP contribution in [-0.2, 0) is 13.1 Å². The number of aromatic nitrogens is 2. The zero-order chi connectivity index (χ0) is 18.3. The van der Waals surface area contributed by atoms with Crippen LogP contribution >= 0.6 is 24.0 Å². The van der Waals surface area contributed by atoms with Gasteiger partial charge < -0.3 is 20.3 Å². The van der Waals surface area contributed by atoms with Gasteiger partial charge in [0.25, 0.3) is 0 Å². The maximum atomic E-state index is 10.4. The molecule has 0 spiro atoms. The van der Waals surface area contributed by atoms with E-state index in [2.05, 4.69) is 47.9 Å². The molecule has 1 aliphatic carbocycles. The second-order valence-electron chi connectivity index (χ2n) is 7.85. The van der Waals surface area contributed by atoms with E-state index in [1.165, 1.54) is 6.42 Å². The third-order valence-electron chi connectivity index (χ3n) is 5.03. The smallest absolute Gasteiger partial charge is 0.191 e. The number of nitrogens with zero attached hydrogens (tertiary/aromatic N) is 3. The minimum absolute atomic E-state index is 0. The van der Waals surface area contributed by atoms with Gasteiger partial charge in [-0.1, -0.05) is 33.6 Å². The number of imidazole rings is 1. The molecule has 0 amide bonds. The number of hydrogen-bond donors (Lipinski definition) is 3. The highest BCUT2D eigenvalue weighted by molar-refractivity contribution is 14.0. The number of guanidine groups is 1. The minimum atomic E-state index is -0.235. The Balaban J connectivity index is 0.00000338. The van der Waals surface area contributed by atoms with Gasteiger partial charge in [0.15, 0.2) is 5.96 Å². The molecule has 26 heavy (non-hydrogen) atoms. The Hall–Kier alpha value is -0.830. The molecule has 1 saturated carbocycles. The van der Waals surface area contributed by atoms with Gasteiger partial charge in [0, 0.05) is 37.4 Å². The zero-order valence-electron chi connectivity index (χ0n) is 16.7. The fourth-order valence-corrected chi connectivity index (χ4v) is 3.42. The van der Waals surface area contributed by atoms with Gasteiger partial charge in [0.1, 0.15) is 12.4 Å². The molecule has 2 unspecified atom stereocenters. The lowest BCUT2D eigenvalue weighted by molar-refractivity contribution is 0.00397. The molecular formula is C19H36IN5O. The average Bonchev–Trinajstić information content (AvgIpc) is 2.99. The Kier molecular flexibility index (Phi) is 9.92. The molecule has 3 N–H and O–H groups in total. The van der Waals surface area contributed by atoms with Gasteiger partial charge in [-0.25, -0.2) is 9.98 Å². The number of nitrogens with one attached hydrogen (secondary N) is 2. The predicted molar refractivity (Wildman–Crippen MR) is 118 cm³/mol. The van der Waals surface area contributed by atoms with E-state index in [0.717, 1.165) is 50.7 Å². The number of aliphatic hydroxyl groups excluding tert-OH is 1. The first-order chi connectivity index (χ1) is 11.9. The Morgan fingerprint density at radius 1 is 1.42 bits per heavy atom. The molecule has 1 fully saturated rings. The molecular weight excluding hydrogens is 441 g/mol. The molecule has 2 rings (SSSR count). The van der Waals surface area contributed by atoms with Gasteiger partial charge in [0.05, 0.1) is 6.10 Å². The fourth-order valence-electron chi connectivity index (χ4n) is 3.42. The van der Waals surface area contributed by atoms with Crippen molar-refractivity contribution in [2.45, 2.75) is 72.6 Å². The van der Waals surface area contributed by atoms with Gasteiger partial charge in [-0.05, 0) is 25.7 Å². The van der Waals surface area contributed by atoms with Crippen LogP contribution in [0.1, 0.15) is 59.2 Å². The van der Waals surface area contributed by atoms with Crippen LogP contribution in [-0.4, -0.2) is 39.8 Å². The van der Waals surface area contributed by atoms with Gasteiger partial charge in [-0.2, -0.15) is 0 Å². The number of rotatable bonds is 7. The van der Waals surface area contributed by atoms with Crippen molar-refractivity contribution < 1.29 is 5.11 Å². The largest absolute Gasteiger partial charge is 0.392 e. The van der Waals surface area contributed by atoms with Crippen molar-refractivity contribution in [1.82, 2.24) is 20.2 Å². The first kappa shape index (κ1) is 23.2. The third-order valence-corrected chi connectivity index (χ3v) is 5.03. The van der Waals surface area contributed by atoms with Crippen LogP contribution in [0.5, 0.6) is 0 Å². The molecule has 6 nitrogen and oxygen atoms in total. The first-order valence-electron chi connectivity index (χ1n) is 9.65. The van der Waals surface area contributed by atoms with E-state index in [1.54, 1.807) is 0 Å². The molecule has 1 aromatic rings. The summed E-state index contributed by atoms with van der Waals surface area (Å²) in [4.78, 5) is 9.13. The molecule has 150 valence electrons. The molecule has 1 aliphatic rings. The topological polar surface area (TPSA) is 74.5 Å². The molecule has 0 aromatic carbocycles. The summed E-state index contributed by atoms with van der Waals surface area (Å²) in [5, 5.41) is 17.1. The number of hydrogen-bond acceptors (Lipinski definition) is 3. The van der Waals surface area contributed by atoms with E-state index < -0.39 is 0 Å². The van der Waals surface area contributed by atoms with Crippen LogP contribution < -0.4 is 10.6 Å². The highest BCUT2D eigenvalue weighted by Crippen LogP contribution is 2.35. The van der Waals surface area contributed by atoms with Gasteiger partial charge >= 0.3 is 0 Å². The Bertz CT molecular complexity index is 560. The molecule has 7 heteroatoms. The monoisotopic (exact) mass is 477 g/mol. The summed E-state index contributed by atoms with van der Waals surface area (Å²) in [5.74, 6) is 2.35. The summed E-state index contributed by atoms with van der Waals surface area (Å²) in [6, 6.07) is 0. The SMILES string of the molecule is CCNC(=NCc1nccn1CC(C)C)NCC1(C)CCCCC1O.I. The lowest BCUT2D eigenvalue weighted by Crippen LogP contribution is -2.48. The predicted octanol–water partition coefficient (Wildman–Crippen LogP) is 3.15.